The lowest BCUT2D eigenvalue weighted by molar-refractivity contribution is -0.132. The largest absolute Gasteiger partial charge is 0.509 e. The molecule has 1 atom stereocenters. The van der Waals surface area contributed by atoms with E-state index in [1.165, 1.54) is 4.90 Å². The number of carbonyl (C=O) groups excluding carboxylic acids is 2. The summed E-state index contributed by atoms with van der Waals surface area (Å²) < 4.78 is 8.89. The molecule has 0 saturated carbocycles. The average Bonchev–Trinajstić information content (AvgIpc) is 1.98. The molecule has 0 fully saturated rings. The predicted molar refractivity (Wildman–Crippen MR) is 54.6 cm³/mol. The van der Waals surface area contributed by atoms with Crippen LogP contribution in [0, 0.1) is 0 Å². The number of amides is 1. The third-order valence-electron chi connectivity index (χ3n) is 1.07. The average molecular weight is 301 g/mol. The second-order valence-electron chi connectivity index (χ2n) is 2.49. The molecule has 0 spiro atoms. The molecule has 0 aliphatic rings. The second-order valence-corrected chi connectivity index (χ2v) is 4.24. The topological polar surface area (TPSA) is 55.8 Å². The Hall–Kier alpha value is -0.530. The molecule has 0 aliphatic heterocycles. The molecule has 5 nitrogen and oxygen atoms in total. The summed E-state index contributed by atoms with van der Waals surface area (Å²) >= 11 is 1.91. The maximum absolute atomic E-state index is 10.9. The van der Waals surface area contributed by atoms with Crippen LogP contribution in [0.25, 0.3) is 0 Å². The van der Waals surface area contributed by atoms with Crippen molar-refractivity contribution in [2.75, 3.05) is 20.7 Å². The Morgan fingerprint density at radius 3 is 2.38 bits per heavy atom. The van der Waals surface area contributed by atoms with Crippen molar-refractivity contribution in [2.24, 2.45) is 0 Å². The molecule has 0 heterocycles. The van der Waals surface area contributed by atoms with E-state index < -0.39 is 6.16 Å². The van der Waals surface area contributed by atoms with Gasteiger partial charge < -0.3 is 14.4 Å². The molecule has 0 rings (SSSR count). The van der Waals surface area contributed by atoms with Gasteiger partial charge in [-0.1, -0.05) is 0 Å². The highest BCUT2D eigenvalue weighted by atomic mass is 127. The molecule has 0 saturated heterocycles. The van der Waals surface area contributed by atoms with Crippen molar-refractivity contribution < 1.29 is 19.1 Å². The Balaban J connectivity index is 3.64. The summed E-state index contributed by atoms with van der Waals surface area (Å²) in [7, 11) is 3.16. The van der Waals surface area contributed by atoms with Crippen molar-refractivity contribution in [2.45, 2.75) is 11.0 Å². The van der Waals surface area contributed by atoms with Gasteiger partial charge in [0.25, 0.3) is 5.91 Å². The normalized spacial score (nSPS) is 11.7. The lowest BCUT2D eigenvalue weighted by Crippen LogP contribution is -2.28. The van der Waals surface area contributed by atoms with Crippen LogP contribution in [-0.2, 0) is 14.3 Å². The summed E-state index contributed by atoms with van der Waals surface area (Å²) in [5.74, 6) is -0.280. The van der Waals surface area contributed by atoms with E-state index in [0.717, 1.165) is 0 Å². The number of rotatable bonds is 3. The Labute approximate surface area is 90.5 Å². The molecule has 0 bridgehead atoms. The van der Waals surface area contributed by atoms with Crippen molar-refractivity contribution in [3.05, 3.63) is 0 Å². The van der Waals surface area contributed by atoms with Gasteiger partial charge in [-0.25, -0.2) is 4.79 Å². The molecule has 1 amide bonds. The number of hydrogen-bond acceptors (Lipinski definition) is 4. The summed E-state index contributed by atoms with van der Waals surface area (Å²) in [5, 5.41) is 0. The minimum atomic E-state index is -0.822. The van der Waals surface area contributed by atoms with Gasteiger partial charge in [0.1, 0.15) is 0 Å². The van der Waals surface area contributed by atoms with Gasteiger partial charge in [0.05, 0.1) is 0 Å². The van der Waals surface area contributed by atoms with Crippen LogP contribution in [0.3, 0.4) is 0 Å². The molecule has 13 heavy (non-hydrogen) atoms. The zero-order valence-corrected chi connectivity index (χ0v) is 9.90. The summed E-state index contributed by atoms with van der Waals surface area (Å²) in [6, 6.07) is 0. The fourth-order valence-corrected chi connectivity index (χ4v) is 0.624. The smallest absolute Gasteiger partial charge is 0.424 e. The number of alkyl halides is 1. The van der Waals surface area contributed by atoms with Crippen LogP contribution in [0.5, 0.6) is 0 Å². The van der Waals surface area contributed by atoms with E-state index in [4.69, 9.17) is 0 Å². The number of ether oxygens (including phenoxy) is 2. The van der Waals surface area contributed by atoms with Crippen LogP contribution in [0.15, 0.2) is 0 Å². The zero-order valence-electron chi connectivity index (χ0n) is 7.74. The maximum atomic E-state index is 10.9. The van der Waals surface area contributed by atoms with Crippen LogP contribution in [0.4, 0.5) is 4.79 Å². The summed E-state index contributed by atoms with van der Waals surface area (Å²) in [6.07, 6.45) is -0.822. The van der Waals surface area contributed by atoms with Gasteiger partial charge >= 0.3 is 6.16 Å². The highest BCUT2D eigenvalue weighted by Gasteiger charge is 2.11. The van der Waals surface area contributed by atoms with Crippen molar-refractivity contribution in [3.63, 3.8) is 0 Å². The molecule has 0 aromatic heterocycles. The number of nitrogens with zero attached hydrogens (tertiary/aromatic N) is 1. The first kappa shape index (κ1) is 12.5. The Kier molecular flexibility index (Phi) is 5.76. The van der Waals surface area contributed by atoms with Gasteiger partial charge in [-0.2, -0.15) is 0 Å². The Morgan fingerprint density at radius 1 is 1.46 bits per heavy atom. The first-order valence-corrected chi connectivity index (χ1v) is 4.85. The monoisotopic (exact) mass is 301 g/mol. The molecule has 0 aromatic rings. The van der Waals surface area contributed by atoms with Crippen molar-refractivity contribution >= 4 is 34.7 Å². The Bertz CT molecular complexity index is 193. The lowest BCUT2D eigenvalue weighted by Gasteiger charge is -2.11. The summed E-state index contributed by atoms with van der Waals surface area (Å²) in [6.45, 7) is 1.41. The number of likely N-dealkylation sites (N-methyl/N-ethyl adjacent to an activating group) is 1. The fourth-order valence-electron chi connectivity index (χ4n) is 0.416. The van der Waals surface area contributed by atoms with Gasteiger partial charge in [-0.05, 0) is 29.5 Å². The van der Waals surface area contributed by atoms with Crippen LogP contribution in [-0.4, -0.2) is 41.8 Å². The van der Waals surface area contributed by atoms with Crippen molar-refractivity contribution in [1.29, 1.82) is 0 Å². The maximum Gasteiger partial charge on any atom is 0.509 e. The van der Waals surface area contributed by atoms with E-state index in [1.807, 2.05) is 22.6 Å². The summed E-state index contributed by atoms with van der Waals surface area (Å²) in [5.41, 5.74) is 0. The first-order valence-electron chi connectivity index (χ1n) is 3.61. The highest BCUT2D eigenvalue weighted by Crippen LogP contribution is 2.01. The van der Waals surface area contributed by atoms with Gasteiger partial charge in [-0.15, -0.1) is 0 Å². The molecule has 0 N–H and O–H groups in total. The van der Waals surface area contributed by atoms with E-state index >= 15 is 0 Å². The molecule has 0 aliphatic carbocycles. The molecular formula is C7H12INO4. The SMILES string of the molecule is CC(I)OC(=O)OCC(=O)N(C)C. The quantitative estimate of drug-likeness (QED) is 0.443. The highest BCUT2D eigenvalue weighted by molar-refractivity contribution is 14.1. The van der Waals surface area contributed by atoms with E-state index in [9.17, 15) is 9.59 Å². The fraction of sp³-hybridized carbons (Fsp3) is 0.714. The van der Waals surface area contributed by atoms with Crippen molar-refractivity contribution in [3.8, 4) is 0 Å². The molecule has 1 unspecified atom stereocenters. The first-order chi connectivity index (χ1) is 5.93. The lowest BCUT2D eigenvalue weighted by atomic mass is 10.6. The van der Waals surface area contributed by atoms with Gasteiger partial charge in [0.2, 0.25) is 0 Å². The zero-order chi connectivity index (χ0) is 10.4. The summed E-state index contributed by atoms with van der Waals surface area (Å²) in [4.78, 5) is 23.0. The van der Waals surface area contributed by atoms with Crippen LogP contribution in [0.2, 0.25) is 0 Å². The standard InChI is InChI=1S/C7H12INO4/c1-5(8)13-7(11)12-4-6(10)9(2)3/h5H,4H2,1-3H3. The second kappa shape index (κ2) is 6.01. The van der Waals surface area contributed by atoms with Gasteiger partial charge in [0, 0.05) is 14.1 Å². The predicted octanol–water partition coefficient (Wildman–Crippen LogP) is 1.01. The van der Waals surface area contributed by atoms with E-state index in [1.54, 1.807) is 21.0 Å². The number of carbonyl (C=O) groups is 2. The third-order valence-corrected chi connectivity index (χ3v) is 1.33. The van der Waals surface area contributed by atoms with Crippen LogP contribution >= 0.6 is 22.6 Å². The van der Waals surface area contributed by atoms with E-state index in [-0.39, 0.29) is 16.6 Å². The van der Waals surface area contributed by atoms with Crippen molar-refractivity contribution in [1.82, 2.24) is 4.90 Å². The van der Waals surface area contributed by atoms with Gasteiger partial charge in [0.15, 0.2) is 10.7 Å². The minimum Gasteiger partial charge on any atom is -0.424 e. The molecule has 76 valence electrons. The third kappa shape index (κ3) is 6.62. The van der Waals surface area contributed by atoms with Gasteiger partial charge in [-0.3, -0.25) is 4.79 Å². The Morgan fingerprint density at radius 2 is 2.00 bits per heavy atom. The number of hydrogen-bond donors (Lipinski definition) is 0. The molecule has 0 aromatic carbocycles. The molecular weight excluding hydrogens is 289 g/mol. The van der Waals surface area contributed by atoms with E-state index in [2.05, 4.69) is 9.47 Å². The van der Waals surface area contributed by atoms with Crippen LogP contribution in [0.1, 0.15) is 6.92 Å². The molecule has 0 radical (unpaired) electrons. The van der Waals surface area contributed by atoms with E-state index in [0.29, 0.717) is 0 Å². The molecule has 6 heteroatoms. The van der Waals surface area contributed by atoms with Crippen LogP contribution < -0.4 is 0 Å². The number of halogens is 1. The minimum absolute atomic E-state index is 0.264.